The number of ether oxygens (including phenoxy) is 1. The van der Waals surface area contributed by atoms with Gasteiger partial charge in [0.05, 0.1) is 11.6 Å². The van der Waals surface area contributed by atoms with Crippen molar-refractivity contribution in [2.24, 2.45) is 0 Å². The van der Waals surface area contributed by atoms with Crippen LogP contribution in [0.4, 0.5) is 13.9 Å². The maximum atomic E-state index is 14.1. The van der Waals surface area contributed by atoms with E-state index in [1.54, 1.807) is 48.5 Å². The van der Waals surface area contributed by atoms with Crippen LogP contribution in [0.1, 0.15) is 22.7 Å². The van der Waals surface area contributed by atoms with Crippen LogP contribution >= 0.6 is 23.1 Å². The molecule has 40 heavy (non-hydrogen) atoms. The van der Waals surface area contributed by atoms with Gasteiger partial charge in [0.2, 0.25) is 5.13 Å². The van der Waals surface area contributed by atoms with Crippen LogP contribution < -0.4 is 9.64 Å². The van der Waals surface area contributed by atoms with E-state index >= 15 is 0 Å². The van der Waals surface area contributed by atoms with Gasteiger partial charge in [0.1, 0.15) is 29.8 Å². The highest BCUT2D eigenvalue weighted by Crippen LogP contribution is 2.44. The molecule has 1 aliphatic rings. The summed E-state index contributed by atoms with van der Waals surface area (Å²) in [6, 6.07) is 17.0. The lowest BCUT2D eigenvalue weighted by Crippen LogP contribution is -2.29. The first-order chi connectivity index (χ1) is 19.4. The number of nitrogens with zero attached hydrogens (tertiary/aromatic N) is 3. The lowest BCUT2D eigenvalue weighted by molar-refractivity contribution is -0.132. The standard InChI is InChI=1S/C29H21F2N3O4S2/c1-2-14-38-21-8-5-7-18(15-21)24-23(25(35)17-10-12-20(30)13-11-17)26(36)27(37)34(24)28-32-33-29(40-28)39-16-19-6-3-4-9-22(19)31/h2-13,15,24,35H,1,14,16H2. The average molecular weight is 578 g/mol. The third-order valence-corrected chi connectivity index (χ3v) is 8.12. The number of carbonyl (C=O) groups is 2. The molecular weight excluding hydrogens is 556 g/mol. The topological polar surface area (TPSA) is 92.6 Å². The van der Waals surface area contributed by atoms with Crippen LogP contribution in [-0.2, 0) is 15.3 Å². The van der Waals surface area contributed by atoms with Crippen LogP contribution in [0, 0.1) is 11.6 Å². The van der Waals surface area contributed by atoms with Crippen molar-refractivity contribution in [3.63, 3.8) is 0 Å². The van der Waals surface area contributed by atoms with Gasteiger partial charge in [0.15, 0.2) is 4.34 Å². The Balaban J connectivity index is 1.56. The van der Waals surface area contributed by atoms with Gasteiger partial charge in [-0.2, -0.15) is 0 Å². The molecule has 1 saturated heterocycles. The lowest BCUT2D eigenvalue weighted by Gasteiger charge is -2.23. The Kier molecular flexibility index (Phi) is 8.04. The third kappa shape index (κ3) is 5.51. The molecule has 1 fully saturated rings. The fraction of sp³-hybridized carbons (Fsp3) is 0.103. The van der Waals surface area contributed by atoms with E-state index in [0.29, 0.717) is 21.2 Å². The Hall–Kier alpha value is -4.35. The molecule has 0 aliphatic carbocycles. The van der Waals surface area contributed by atoms with Crippen LogP contribution in [0.15, 0.2) is 95.4 Å². The summed E-state index contributed by atoms with van der Waals surface area (Å²) in [6.07, 6.45) is 1.58. The van der Waals surface area contributed by atoms with Crippen molar-refractivity contribution < 1.29 is 28.2 Å². The highest BCUT2D eigenvalue weighted by Gasteiger charge is 2.48. The van der Waals surface area contributed by atoms with E-state index in [1.807, 2.05) is 0 Å². The van der Waals surface area contributed by atoms with Crippen molar-refractivity contribution in [2.75, 3.05) is 11.5 Å². The molecule has 1 amide bonds. The Morgan fingerprint density at radius 2 is 1.85 bits per heavy atom. The van der Waals surface area contributed by atoms with Crippen LogP contribution in [0.3, 0.4) is 0 Å². The minimum absolute atomic E-state index is 0.124. The zero-order chi connectivity index (χ0) is 28.2. The van der Waals surface area contributed by atoms with Crippen molar-refractivity contribution in [1.82, 2.24) is 10.2 Å². The van der Waals surface area contributed by atoms with Crippen molar-refractivity contribution in [3.8, 4) is 5.75 Å². The van der Waals surface area contributed by atoms with Crippen molar-refractivity contribution in [1.29, 1.82) is 0 Å². The number of aromatic nitrogens is 2. The number of ketones is 1. The van der Waals surface area contributed by atoms with E-state index in [9.17, 15) is 23.5 Å². The molecule has 1 unspecified atom stereocenters. The Morgan fingerprint density at radius 3 is 2.60 bits per heavy atom. The zero-order valence-electron chi connectivity index (χ0n) is 20.8. The number of aliphatic hydroxyl groups is 1. The summed E-state index contributed by atoms with van der Waals surface area (Å²) >= 11 is 2.30. The number of Topliss-reactive ketones (excluding diaryl/α,β-unsaturated/α-hetero) is 1. The maximum absolute atomic E-state index is 14.1. The van der Waals surface area contributed by atoms with Gasteiger partial charge in [-0.15, -0.1) is 10.2 Å². The highest BCUT2D eigenvalue weighted by molar-refractivity contribution is 8.00. The maximum Gasteiger partial charge on any atom is 0.301 e. The first-order valence-corrected chi connectivity index (χ1v) is 13.8. The van der Waals surface area contributed by atoms with Crippen LogP contribution in [0.5, 0.6) is 5.75 Å². The second-order valence-electron chi connectivity index (χ2n) is 8.58. The molecule has 1 aromatic heterocycles. The number of carbonyl (C=O) groups excluding carboxylic acids is 2. The summed E-state index contributed by atoms with van der Waals surface area (Å²) in [6.45, 7) is 3.87. The Labute approximate surface area is 236 Å². The molecule has 5 rings (SSSR count). The summed E-state index contributed by atoms with van der Waals surface area (Å²) < 4.78 is 33.7. The minimum Gasteiger partial charge on any atom is -0.507 e. The summed E-state index contributed by atoms with van der Waals surface area (Å²) in [5, 5.41) is 19.6. The number of hydrogen-bond acceptors (Lipinski definition) is 8. The molecule has 1 atom stereocenters. The largest absolute Gasteiger partial charge is 0.507 e. The lowest BCUT2D eigenvalue weighted by atomic mass is 9.95. The first kappa shape index (κ1) is 27.2. The highest BCUT2D eigenvalue weighted by atomic mass is 32.2. The number of thioether (sulfide) groups is 1. The van der Waals surface area contributed by atoms with E-state index in [-0.39, 0.29) is 34.4 Å². The first-order valence-electron chi connectivity index (χ1n) is 12.0. The predicted octanol–water partition coefficient (Wildman–Crippen LogP) is 6.30. The van der Waals surface area contributed by atoms with Gasteiger partial charge in [0, 0.05) is 11.3 Å². The molecule has 0 saturated carbocycles. The van der Waals surface area contributed by atoms with Crippen LogP contribution in [0.25, 0.3) is 5.76 Å². The molecule has 2 heterocycles. The summed E-state index contributed by atoms with van der Waals surface area (Å²) in [7, 11) is 0. The molecule has 3 aromatic carbocycles. The Morgan fingerprint density at radius 1 is 1.07 bits per heavy atom. The molecule has 1 N–H and O–H groups in total. The molecule has 0 bridgehead atoms. The molecule has 7 nitrogen and oxygen atoms in total. The van der Waals surface area contributed by atoms with Crippen molar-refractivity contribution in [3.05, 3.63) is 119 Å². The minimum atomic E-state index is -1.07. The SMILES string of the molecule is C=CCOc1cccc(C2C(=C(O)c3ccc(F)cc3)C(=O)C(=O)N2c2nnc(SCc3ccccc3F)s2)c1. The summed E-state index contributed by atoms with van der Waals surface area (Å²) in [5.74, 6) is -2.41. The van der Waals surface area contributed by atoms with Gasteiger partial charge in [0.25, 0.3) is 5.78 Å². The summed E-state index contributed by atoms with van der Waals surface area (Å²) in [5.41, 5.74) is 0.940. The number of halogens is 2. The second-order valence-corrected chi connectivity index (χ2v) is 10.8. The Bertz CT molecular complexity index is 1620. The fourth-order valence-corrected chi connectivity index (χ4v) is 6.01. The smallest absolute Gasteiger partial charge is 0.301 e. The number of amides is 1. The second kappa shape index (κ2) is 11.8. The molecule has 0 radical (unpaired) electrons. The summed E-state index contributed by atoms with van der Waals surface area (Å²) in [4.78, 5) is 27.9. The predicted molar refractivity (Wildman–Crippen MR) is 149 cm³/mol. The number of benzene rings is 3. The van der Waals surface area contributed by atoms with Gasteiger partial charge < -0.3 is 9.84 Å². The van der Waals surface area contributed by atoms with Gasteiger partial charge in [-0.25, -0.2) is 8.78 Å². The number of aliphatic hydroxyl groups excluding tert-OH is 1. The molecule has 0 spiro atoms. The van der Waals surface area contributed by atoms with Crippen LogP contribution in [-0.4, -0.2) is 33.6 Å². The zero-order valence-corrected chi connectivity index (χ0v) is 22.4. The van der Waals surface area contributed by atoms with E-state index in [4.69, 9.17) is 4.74 Å². The molecule has 1 aliphatic heterocycles. The number of hydrogen-bond donors (Lipinski definition) is 1. The van der Waals surface area contributed by atoms with E-state index in [1.165, 1.54) is 34.9 Å². The molecule has 4 aromatic rings. The van der Waals surface area contributed by atoms with E-state index in [0.717, 1.165) is 23.5 Å². The number of rotatable bonds is 9. The third-order valence-electron chi connectivity index (χ3n) is 6.01. The van der Waals surface area contributed by atoms with E-state index in [2.05, 4.69) is 16.8 Å². The normalized spacial score (nSPS) is 16.4. The van der Waals surface area contributed by atoms with Crippen molar-refractivity contribution in [2.45, 2.75) is 16.1 Å². The molecule has 11 heteroatoms. The van der Waals surface area contributed by atoms with Gasteiger partial charge in [-0.05, 0) is 53.6 Å². The fourth-order valence-electron chi connectivity index (χ4n) is 4.15. The van der Waals surface area contributed by atoms with Gasteiger partial charge in [-0.1, -0.05) is 66.1 Å². The van der Waals surface area contributed by atoms with Crippen LogP contribution in [0.2, 0.25) is 0 Å². The van der Waals surface area contributed by atoms with E-state index < -0.39 is 29.3 Å². The average Bonchev–Trinajstić information content (AvgIpc) is 3.53. The molecule has 202 valence electrons. The van der Waals surface area contributed by atoms with Gasteiger partial charge in [-0.3, -0.25) is 14.5 Å². The quantitative estimate of drug-likeness (QED) is 0.0623. The number of anilines is 1. The molecular formula is C29H21F2N3O4S2. The van der Waals surface area contributed by atoms with Crippen molar-refractivity contribution >= 4 is 45.7 Å². The monoisotopic (exact) mass is 577 g/mol. The van der Waals surface area contributed by atoms with Gasteiger partial charge >= 0.3 is 5.91 Å².